The van der Waals surface area contributed by atoms with E-state index >= 15 is 0 Å². The van der Waals surface area contributed by atoms with Crippen LogP contribution in [0.5, 0.6) is 0 Å². The number of carbonyl (C=O) groups is 2. The fraction of sp³-hybridized carbons (Fsp3) is 0.882. The van der Waals surface area contributed by atoms with Crippen molar-refractivity contribution in [2.45, 2.75) is 83.6 Å². The molecule has 140 valence electrons. The van der Waals surface area contributed by atoms with Gasteiger partial charge in [0, 0.05) is 6.04 Å². The predicted molar refractivity (Wildman–Crippen MR) is 90.7 cm³/mol. The SMILES string of the molecule is CC[C@@H](CO)NC(=O)COC1CCC(NC(=O)OC(C)(C)C)CC1. The molecule has 0 aromatic heterocycles. The number of alkyl carbamates (subject to hydrolysis) is 1. The van der Waals surface area contributed by atoms with Crippen LogP contribution < -0.4 is 10.6 Å². The molecule has 1 fully saturated rings. The number of carbonyl (C=O) groups excluding carboxylic acids is 2. The number of amides is 2. The van der Waals surface area contributed by atoms with Gasteiger partial charge in [0.1, 0.15) is 12.2 Å². The third-order valence-corrected chi connectivity index (χ3v) is 3.92. The van der Waals surface area contributed by atoms with Crippen molar-refractivity contribution in [1.29, 1.82) is 0 Å². The number of ether oxygens (including phenoxy) is 2. The van der Waals surface area contributed by atoms with Crippen LogP contribution in [0.3, 0.4) is 0 Å². The third kappa shape index (κ3) is 8.49. The first-order valence-electron chi connectivity index (χ1n) is 8.74. The van der Waals surface area contributed by atoms with Gasteiger partial charge in [-0.2, -0.15) is 0 Å². The summed E-state index contributed by atoms with van der Waals surface area (Å²) in [5, 5.41) is 14.7. The number of nitrogens with one attached hydrogen (secondary N) is 2. The Labute approximate surface area is 144 Å². The lowest BCUT2D eigenvalue weighted by molar-refractivity contribution is -0.129. The zero-order valence-electron chi connectivity index (χ0n) is 15.3. The van der Waals surface area contributed by atoms with Crippen LogP contribution in [-0.4, -0.2) is 54.1 Å². The van der Waals surface area contributed by atoms with E-state index in [1.54, 1.807) is 0 Å². The summed E-state index contributed by atoms with van der Waals surface area (Å²) in [5.41, 5.74) is -0.497. The van der Waals surface area contributed by atoms with E-state index in [1.165, 1.54) is 0 Å². The van der Waals surface area contributed by atoms with Crippen molar-refractivity contribution in [1.82, 2.24) is 10.6 Å². The van der Waals surface area contributed by atoms with E-state index in [2.05, 4.69) is 10.6 Å². The Balaban J connectivity index is 2.21. The van der Waals surface area contributed by atoms with E-state index in [0.717, 1.165) is 25.7 Å². The van der Waals surface area contributed by atoms with Gasteiger partial charge >= 0.3 is 6.09 Å². The highest BCUT2D eigenvalue weighted by Crippen LogP contribution is 2.21. The second-order valence-electron chi connectivity index (χ2n) is 7.29. The zero-order valence-corrected chi connectivity index (χ0v) is 15.3. The molecular weight excluding hydrogens is 312 g/mol. The van der Waals surface area contributed by atoms with E-state index in [-0.39, 0.29) is 43.4 Å². The summed E-state index contributed by atoms with van der Waals surface area (Å²) in [4.78, 5) is 23.5. The molecule has 0 aliphatic heterocycles. The molecule has 0 bridgehead atoms. The van der Waals surface area contributed by atoms with Crippen LogP contribution in [0.25, 0.3) is 0 Å². The molecule has 1 aliphatic carbocycles. The van der Waals surface area contributed by atoms with Crippen LogP contribution in [0.15, 0.2) is 0 Å². The number of hydrogen-bond acceptors (Lipinski definition) is 5. The average molecular weight is 344 g/mol. The summed E-state index contributed by atoms with van der Waals surface area (Å²) in [7, 11) is 0. The second kappa shape index (κ2) is 9.84. The van der Waals surface area contributed by atoms with E-state index in [1.807, 2.05) is 27.7 Å². The maximum atomic E-state index is 11.7. The minimum absolute atomic E-state index is 0.00529. The van der Waals surface area contributed by atoms with E-state index < -0.39 is 5.60 Å². The predicted octanol–water partition coefficient (Wildman–Crippen LogP) is 1.73. The average Bonchev–Trinajstić information content (AvgIpc) is 2.50. The van der Waals surface area contributed by atoms with Crippen LogP contribution >= 0.6 is 0 Å². The molecule has 0 saturated heterocycles. The van der Waals surface area contributed by atoms with Crippen molar-refractivity contribution in [3.05, 3.63) is 0 Å². The molecule has 7 heteroatoms. The standard InChI is InChI=1S/C17H32N2O5/c1-5-12(10-20)18-15(21)11-23-14-8-6-13(7-9-14)19-16(22)24-17(2,3)4/h12-14,20H,5-11H2,1-4H3,(H,18,21)(H,19,22)/t12-,13?,14?/m0/s1. The first-order valence-corrected chi connectivity index (χ1v) is 8.74. The Hall–Kier alpha value is -1.34. The minimum atomic E-state index is -0.497. The number of rotatable bonds is 7. The maximum Gasteiger partial charge on any atom is 0.407 e. The highest BCUT2D eigenvalue weighted by molar-refractivity contribution is 5.77. The van der Waals surface area contributed by atoms with Crippen LogP contribution in [0.4, 0.5) is 4.79 Å². The number of aliphatic hydroxyl groups excluding tert-OH is 1. The van der Waals surface area contributed by atoms with Crippen LogP contribution in [0, 0.1) is 0 Å². The lowest BCUT2D eigenvalue weighted by Crippen LogP contribution is -2.43. The molecule has 1 saturated carbocycles. The smallest absolute Gasteiger partial charge is 0.407 e. The topological polar surface area (TPSA) is 96.9 Å². The first-order chi connectivity index (χ1) is 11.2. The fourth-order valence-corrected chi connectivity index (χ4v) is 2.59. The lowest BCUT2D eigenvalue weighted by atomic mass is 9.93. The van der Waals surface area contributed by atoms with Gasteiger partial charge in [0.05, 0.1) is 18.8 Å². The summed E-state index contributed by atoms with van der Waals surface area (Å²) in [6, 6.07) is -0.123. The van der Waals surface area contributed by atoms with Gasteiger partial charge in [-0.25, -0.2) is 4.79 Å². The minimum Gasteiger partial charge on any atom is -0.444 e. The van der Waals surface area contributed by atoms with Gasteiger partial charge in [0.25, 0.3) is 0 Å². The van der Waals surface area contributed by atoms with Gasteiger partial charge in [-0.1, -0.05) is 6.92 Å². The molecule has 0 heterocycles. The normalized spacial score (nSPS) is 22.5. The Morgan fingerprint density at radius 2 is 1.83 bits per heavy atom. The van der Waals surface area contributed by atoms with E-state index in [4.69, 9.17) is 14.6 Å². The van der Waals surface area contributed by atoms with Gasteiger partial charge < -0.3 is 25.2 Å². The molecule has 3 N–H and O–H groups in total. The van der Waals surface area contributed by atoms with E-state index in [0.29, 0.717) is 6.42 Å². The maximum absolute atomic E-state index is 11.7. The summed E-state index contributed by atoms with van der Waals surface area (Å²) < 4.78 is 10.9. The molecule has 1 rings (SSSR count). The van der Waals surface area contributed by atoms with Crippen LogP contribution in [-0.2, 0) is 14.3 Å². The highest BCUT2D eigenvalue weighted by atomic mass is 16.6. The molecule has 7 nitrogen and oxygen atoms in total. The summed E-state index contributed by atoms with van der Waals surface area (Å²) in [5.74, 6) is -0.204. The van der Waals surface area contributed by atoms with Crippen LogP contribution in [0.1, 0.15) is 59.8 Å². The first kappa shape index (κ1) is 20.7. The van der Waals surface area contributed by atoms with Crippen molar-refractivity contribution in [2.75, 3.05) is 13.2 Å². The molecular formula is C17H32N2O5. The van der Waals surface area contributed by atoms with Crippen molar-refractivity contribution >= 4 is 12.0 Å². The fourth-order valence-electron chi connectivity index (χ4n) is 2.59. The molecule has 1 atom stereocenters. The second-order valence-corrected chi connectivity index (χ2v) is 7.29. The summed E-state index contributed by atoms with van der Waals surface area (Å²) in [6.07, 6.45) is 3.53. The Kier molecular flexibility index (Phi) is 8.48. The largest absolute Gasteiger partial charge is 0.444 e. The third-order valence-electron chi connectivity index (χ3n) is 3.92. The Morgan fingerprint density at radius 1 is 1.21 bits per heavy atom. The highest BCUT2D eigenvalue weighted by Gasteiger charge is 2.25. The van der Waals surface area contributed by atoms with Gasteiger partial charge in [-0.15, -0.1) is 0 Å². The van der Waals surface area contributed by atoms with Crippen molar-refractivity contribution in [3.8, 4) is 0 Å². The molecule has 0 spiro atoms. The number of aliphatic hydroxyl groups is 1. The molecule has 0 aromatic carbocycles. The van der Waals surface area contributed by atoms with Gasteiger partial charge in [0.15, 0.2) is 0 Å². The van der Waals surface area contributed by atoms with Crippen molar-refractivity contribution < 1.29 is 24.2 Å². The molecule has 2 amide bonds. The van der Waals surface area contributed by atoms with Crippen LogP contribution in [0.2, 0.25) is 0 Å². The Morgan fingerprint density at radius 3 is 2.33 bits per heavy atom. The monoisotopic (exact) mass is 344 g/mol. The molecule has 0 unspecified atom stereocenters. The molecule has 0 aromatic rings. The Bertz CT molecular complexity index is 396. The molecule has 24 heavy (non-hydrogen) atoms. The van der Waals surface area contributed by atoms with Gasteiger partial charge in [-0.3, -0.25) is 4.79 Å². The summed E-state index contributed by atoms with van der Waals surface area (Å²) in [6.45, 7) is 7.35. The zero-order chi connectivity index (χ0) is 18.2. The van der Waals surface area contributed by atoms with E-state index in [9.17, 15) is 9.59 Å². The van der Waals surface area contributed by atoms with Crippen molar-refractivity contribution in [3.63, 3.8) is 0 Å². The lowest BCUT2D eigenvalue weighted by Gasteiger charge is -2.30. The van der Waals surface area contributed by atoms with Crippen molar-refractivity contribution in [2.24, 2.45) is 0 Å². The van der Waals surface area contributed by atoms with Gasteiger partial charge in [-0.05, 0) is 52.9 Å². The summed E-state index contributed by atoms with van der Waals surface area (Å²) >= 11 is 0. The molecule has 1 aliphatic rings. The molecule has 0 radical (unpaired) electrons. The number of hydrogen-bond donors (Lipinski definition) is 3. The van der Waals surface area contributed by atoms with Gasteiger partial charge in [0.2, 0.25) is 5.91 Å². The quantitative estimate of drug-likeness (QED) is 0.653.